The second-order valence-corrected chi connectivity index (χ2v) is 5.78. The molecule has 1 atom stereocenters. The Bertz CT molecular complexity index is 525. The largest absolute Gasteiger partial charge is 0.507 e. The fraction of sp³-hybridized carbons (Fsp3) is 0.562. The first-order valence-electron chi connectivity index (χ1n) is 7.47. The molecule has 0 aliphatic carbocycles. The highest BCUT2D eigenvalue weighted by Gasteiger charge is 2.33. The number of carbonyl (C=O) groups is 1. The molecule has 2 heterocycles. The van der Waals surface area contributed by atoms with E-state index in [1.165, 1.54) is 0 Å². The summed E-state index contributed by atoms with van der Waals surface area (Å²) >= 11 is 0. The molecule has 2 fully saturated rings. The van der Waals surface area contributed by atoms with Crippen LogP contribution in [0, 0.1) is 12.8 Å². The van der Waals surface area contributed by atoms with Crippen LogP contribution in [0.15, 0.2) is 18.2 Å². The van der Waals surface area contributed by atoms with Crippen molar-refractivity contribution in [3.8, 4) is 5.75 Å². The van der Waals surface area contributed by atoms with Crippen molar-refractivity contribution in [1.29, 1.82) is 0 Å². The van der Waals surface area contributed by atoms with E-state index in [0.29, 0.717) is 25.3 Å². The van der Waals surface area contributed by atoms with Gasteiger partial charge in [0.1, 0.15) is 5.75 Å². The average molecular weight is 291 g/mol. The summed E-state index contributed by atoms with van der Waals surface area (Å²) in [5.74, 6) is 0.156. The molecule has 0 bridgehead atoms. The van der Waals surface area contributed by atoms with Crippen molar-refractivity contribution >= 4 is 5.91 Å². The van der Waals surface area contributed by atoms with E-state index in [1.807, 2.05) is 13.0 Å². The van der Waals surface area contributed by atoms with E-state index in [9.17, 15) is 9.90 Å². The topological polar surface area (TPSA) is 59.0 Å². The van der Waals surface area contributed by atoms with E-state index in [-0.39, 0.29) is 23.9 Å². The summed E-state index contributed by atoms with van der Waals surface area (Å²) in [6.07, 6.45) is 1.76. The normalized spacial score (nSPS) is 23.5. The molecule has 1 aromatic rings. The predicted molar refractivity (Wildman–Crippen MR) is 77.2 cm³/mol. The van der Waals surface area contributed by atoms with Crippen LogP contribution in [0.4, 0.5) is 0 Å². The zero-order valence-electron chi connectivity index (χ0n) is 12.2. The standard InChI is InChI=1S/C16H21NO4/c1-11-4-5-13(14(18)9-11)15(19)17-6-2-3-12(10-17)16-20-7-8-21-16/h4-5,9,12,16,18H,2-3,6-8,10H2,1H3/t12-/m1/s1. The van der Waals surface area contributed by atoms with Crippen LogP contribution in [-0.4, -0.2) is 48.5 Å². The van der Waals surface area contributed by atoms with Crippen molar-refractivity contribution < 1.29 is 19.4 Å². The molecule has 5 heteroatoms. The van der Waals surface area contributed by atoms with Gasteiger partial charge in [-0.15, -0.1) is 0 Å². The van der Waals surface area contributed by atoms with Crippen molar-refractivity contribution in [2.75, 3.05) is 26.3 Å². The van der Waals surface area contributed by atoms with Crippen molar-refractivity contribution in [3.05, 3.63) is 29.3 Å². The first kappa shape index (κ1) is 14.4. The Morgan fingerprint density at radius 1 is 1.33 bits per heavy atom. The lowest BCUT2D eigenvalue weighted by Gasteiger charge is -2.34. The molecule has 2 aliphatic rings. The van der Waals surface area contributed by atoms with E-state index in [0.717, 1.165) is 24.9 Å². The molecule has 0 radical (unpaired) electrons. The monoisotopic (exact) mass is 291 g/mol. The van der Waals surface area contributed by atoms with Crippen LogP contribution >= 0.6 is 0 Å². The van der Waals surface area contributed by atoms with Gasteiger partial charge in [-0.1, -0.05) is 6.07 Å². The van der Waals surface area contributed by atoms with Crippen molar-refractivity contribution in [1.82, 2.24) is 4.90 Å². The lowest BCUT2D eigenvalue weighted by atomic mass is 9.96. The molecule has 0 unspecified atom stereocenters. The zero-order chi connectivity index (χ0) is 14.8. The van der Waals surface area contributed by atoms with Gasteiger partial charge < -0.3 is 19.5 Å². The molecule has 0 saturated carbocycles. The Kier molecular flexibility index (Phi) is 4.12. The minimum absolute atomic E-state index is 0.0514. The Morgan fingerprint density at radius 2 is 2.10 bits per heavy atom. The van der Waals surface area contributed by atoms with Crippen LogP contribution in [0.25, 0.3) is 0 Å². The zero-order valence-corrected chi connectivity index (χ0v) is 12.2. The van der Waals surface area contributed by atoms with Crippen LogP contribution < -0.4 is 0 Å². The lowest BCUT2D eigenvalue weighted by molar-refractivity contribution is -0.0969. The fourth-order valence-corrected chi connectivity index (χ4v) is 3.06. The van der Waals surface area contributed by atoms with Crippen molar-refractivity contribution in [2.45, 2.75) is 26.1 Å². The maximum atomic E-state index is 12.6. The highest BCUT2D eigenvalue weighted by molar-refractivity contribution is 5.97. The fourth-order valence-electron chi connectivity index (χ4n) is 3.06. The molecule has 1 aromatic carbocycles. The number of phenols is 1. The smallest absolute Gasteiger partial charge is 0.257 e. The maximum Gasteiger partial charge on any atom is 0.257 e. The Morgan fingerprint density at radius 3 is 2.81 bits per heavy atom. The quantitative estimate of drug-likeness (QED) is 0.904. The minimum atomic E-state index is -0.188. The van der Waals surface area contributed by atoms with Crippen LogP contribution in [0.2, 0.25) is 0 Å². The van der Waals surface area contributed by atoms with Crippen molar-refractivity contribution in [2.24, 2.45) is 5.92 Å². The molecule has 0 aromatic heterocycles. The van der Waals surface area contributed by atoms with E-state index in [4.69, 9.17) is 9.47 Å². The summed E-state index contributed by atoms with van der Waals surface area (Å²) in [4.78, 5) is 14.4. The number of hydrogen-bond acceptors (Lipinski definition) is 4. The second kappa shape index (κ2) is 6.03. The number of carbonyl (C=O) groups excluding carboxylic acids is 1. The predicted octanol–water partition coefficient (Wildman–Crippen LogP) is 1.93. The number of likely N-dealkylation sites (tertiary alicyclic amines) is 1. The molecular weight excluding hydrogens is 270 g/mol. The highest BCUT2D eigenvalue weighted by atomic mass is 16.7. The third-order valence-electron chi connectivity index (χ3n) is 4.16. The molecule has 3 rings (SSSR count). The van der Waals surface area contributed by atoms with Gasteiger partial charge in [0.15, 0.2) is 6.29 Å². The number of hydrogen-bond donors (Lipinski definition) is 1. The Balaban J connectivity index is 1.71. The molecule has 2 aliphatic heterocycles. The van der Waals surface area contributed by atoms with Gasteiger partial charge in [0, 0.05) is 19.0 Å². The minimum Gasteiger partial charge on any atom is -0.507 e. The average Bonchev–Trinajstić information content (AvgIpc) is 3.01. The second-order valence-electron chi connectivity index (χ2n) is 5.78. The van der Waals surface area contributed by atoms with Gasteiger partial charge in [-0.3, -0.25) is 4.79 Å². The summed E-state index contributed by atoms with van der Waals surface area (Å²) < 4.78 is 11.1. The van der Waals surface area contributed by atoms with Crippen molar-refractivity contribution in [3.63, 3.8) is 0 Å². The van der Waals surface area contributed by atoms with Crippen LogP contribution in [0.3, 0.4) is 0 Å². The SMILES string of the molecule is Cc1ccc(C(=O)N2CCC[C@@H](C3OCCO3)C2)c(O)c1. The summed E-state index contributed by atoms with van der Waals surface area (Å²) in [5.41, 5.74) is 1.31. The summed E-state index contributed by atoms with van der Waals surface area (Å²) in [6, 6.07) is 5.16. The summed E-state index contributed by atoms with van der Waals surface area (Å²) in [5, 5.41) is 9.97. The first-order chi connectivity index (χ1) is 10.1. The van der Waals surface area contributed by atoms with Crippen LogP contribution in [0.5, 0.6) is 5.75 Å². The number of aromatic hydroxyl groups is 1. The molecular formula is C16H21NO4. The summed E-state index contributed by atoms with van der Waals surface area (Å²) in [6.45, 7) is 4.49. The van der Waals surface area contributed by atoms with Gasteiger partial charge in [-0.25, -0.2) is 0 Å². The molecule has 114 valence electrons. The van der Waals surface area contributed by atoms with Crippen LogP contribution in [0.1, 0.15) is 28.8 Å². The van der Waals surface area contributed by atoms with Gasteiger partial charge in [-0.2, -0.15) is 0 Å². The third kappa shape index (κ3) is 3.04. The van der Waals surface area contributed by atoms with E-state index in [2.05, 4.69) is 0 Å². The third-order valence-corrected chi connectivity index (χ3v) is 4.16. The Labute approximate surface area is 124 Å². The van der Waals surface area contributed by atoms with Gasteiger partial charge in [0.05, 0.1) is 18.8 Å². The first-order valence-corrected chi connectivity index (χ1v) is 7.47. The summed E-state index contributed by atoms with van der Waals surface area (Å²) in [7, 11) is 0. The number of benzene rings is 1. The van der Waals surface area contributed by atoms with Gasteiger partial charge in [-0.05, 0) is 37.5 Å². The molecule has 1 amide bonds. The van der Waals surface area contributed by atoms with E-state index < -0.39 is 0 Å². The number of phenolic OH excluding ortho intramolecular Hbond substituents is 1. The molecule has 5 nitrogen and oxygen atoms in total. The number of ether oxygens (including phenoxy) is 2. The number of amides is 1. The number of nitrogens with zero attached hydrogens (tertiary/aromatic N) is 1. The number of aryl methyl sites for hydroxylation is 1. The number of rotatable bonds is 2. The highest BCUT2D eigenvalue weighted by Crippen LogP contribution is 2.27. The van der Waals surface area contributed by atoms with Gasteiger partial charge in [0.2, 0.25) is 0 Å². The molecule has 21 heavy (non-hydrogen) atoms. The Hall–Kier alpha value is -1.59. The van der Waals surface area contributed by atoms with E-state index >= 15 is 0 Å². The van der Waals surface area contributed by atoms with Gasteiger partial charge >= 0.3 is 0 Å². The van der Waals surface area contributed by atoms with Crippen LogP contribution in [-0.2, 0) is 9.47 Å². The van der Waals surface area contributed by atoms with E-state index in [1.54, 1.807) is 17.0 Å². The van der Waals surface area contributed by atoms with Gasteiger partial charge in [0.25, 0.3) is 5.91 Å². The molecule has 0 spiro atoms. The molecule has 1 N–H and O–H groups in total. The maximum absolute atomic E-state index is 12.6. The number of piperidine rings is 1. The molecule has 2 saturated heterocycles. The lowest BCUT2D eigenvalue weighted by Crippen LogP contribution is -2.43.